The molecule has 0 radical (unpaired) electrons. The maximum Gasteiger partial charge on any atom is 0.293 e. The zero-order valence-electron chi connectivity index (χ0n) is 18.1. The molecule has 0 atom stereocenters. The molecule has 1 heterocycles. The summed E-state index contributed by atoms with van der Waals surface area (Å²) in [5, 5.41) is 23.3. The first-order valence-corrected chi connectivity index (χ1v) is 10.6. The molecule has 4 rings (SSSR count). The van der Waals surface area contributed by atoms with Crippen molar-refractivity contribution in [1.82, 2.24) is 0 Å². The average Bonchev–Trinajstić information content (AvgIpc) is 3.36. The van der Waals surface area contributed by atoms with Gasteiger partial charge in [-0.2, -0.15) is 5.26 Å². The van der Waals surface area contributed by atoms with E-state index in [2.05, 4.69) is 11.4 Å². The Morgan fingerprint density at radius 1 is 1.06 bits per heavy atom. The first-order valence-electron chi connectivity index (χ1n) is 10.6. The van der Waals surface area contributed by atoms with Crippen LogP contribution >= 0.6 is 0 Å². The lowest BCUT2D eigenvalue weighted by molar-refractivity contribution is -0.384. The lowest BCUT2D eigenvalue weighted by Gasteiger charge is -2.18. The Balaban J connectivity index is 1.49. The molecule has 166 valence electrons. The number of nitriles is 1. The minimum Gasteiger partial charge on any atom is -0.457 e. The van der Waals surface area contributed by atoms with Gasteiger partial charge in [0.15, 0.2) is 0 Å². The van der Waals surface area contributed by atoms with Gasteiger partial charge in [0.2, 0.25) is 0 Å². The van der Waals surface area contributed by atoms with Crippen molar-refractivity contribution in [2.45, 2.75) is 19.8 Å². The maximum absolute atomic E-state index is 12.8. The van der Waals surface area contributed by atoms with Crippen LogP contribution in [0.5, 0.6) is 11.5 Å². The molecule has 1 amide bonds. The minimum atomic E-state index is -0.440. The number of nitrogens with one attached hydrogen (secondary N) is 1. The quantitative estimate of drug-likeness (QED) is 0.403. The summed E-state index contributed by atoms with van der Waals surface area (Å²) in [4.78, 5) is 26.0. The molecule has 3 aromatic rings. The van der Waals surface area contributed by atoms with Crippen molar-refractivity contribution in [3.05, 3.63) is 87.5 Å². The summed E-state index contributed by atoms with van der Waals surface area (Å²) in [5.74, 6) is 0.756. The first-order chi connectivity index (χ1) is 15.9. The molecule has 0 saturated carbocycles. The molecule has 1 aliphatic heterocycles. The highest BCUT2D eigenvalue weighted by Gasteiger charge is 2.24. The molecule has 8 nitrogen and oxygen atoms in total. The van der Waals surface area contributed by atoms with Gasteiger partial charge in [0.05, 0.1) is 16.6 Å². The van der Waals surface area contributed by atoms with Crippen LogP contribution in [0.1, 0.15) is 34.3 Å². The van der Waals surface area contributed by atoms with Crippen molar-refractivity contribution in [3.63, 3.8) is 0 Å². The second-order valence-electron chi connectivity index (χ2n) is 7.82. The Kier molecular flexibility index (Phi) is 6.22. The third kappa shape index (κ3) is 4.93. The van der Waals surface area contributed by atoms with Crippen LogP contribution < -0.4 is 15.0 Å². The molecule has 0 spiro atoms. The number of ether oxygens (including phenoxy) is 1. The van der Waals surface area contributed by atoms with E-state index in [4.69, 9.17) is 10.00 Å². The van der Waals surface area contributed by atoms with Crippen molar-refractivity contribution < 1.29 is 14.5 Å². The van der Waals surface area contributed by atoms with Crippen LogP contribution in [-0.2, 0) is 0 Å². The number of nitro groups is 1. The zero-order valence-corrected chi connectivity index (χ0v) is 18.1. The fourth-order valence-corrected chi connectivity index (χ4v) is 3.80. The summed E-state index contributed by atoms with van der Waals surface area (Å²) in [5.41, 5.74) is 2.62. The van der Waals surface area contributed by atoms with E-state index in [-0.39, 0.29) is 11.3 Å². The first kappa shape index (κ1) is 21.8. The van der Waals surface area contributed by atoms with Crippen LogP contribution in [0.2, 0.25) is 0 Å². The molecule has 3 aromatic carbocycles. The number of aryl methyl sites for hydroxylation is 1. The van der Waals surface area contributed by atoms with E-state index in [1.54, 1.807) is 54.6 Å². The number of rotatable bonds is 6. The number of hydrogen-bond donors (Lipinski definition) is 1. The SMILES string of the molecule is Cc1cc(Oc2ccc(C#N)cc2)ccc1NC(=O)c1ccc(N2CCCC2)c([N+](=O)[O-])c1. The van der Waals surface area contributed by atoms with Crippen LogP contribution in [0.15, 0.2) is 60.7 Å². The Hall–Kier alpha value is -4.38. The number of anilines is 2. The number of nitro benzene ring substituents is 1. The number of carbonyl (C=O) groups excluding carboxylic acids is 1. The number of benzene rings is 3. The fourth-order valence-electron chi connectivity index (χ4n) is 3.80. The van der Waals surface area contributed by atoms with Gasteiger partial charge in [-0.3, -0.25) is 14.9 Å². The van der Waals surface area contributed by atoms with E-state index in [1.807, 2.05) is 11.8 Å². The number of hydrogen-bond acceptors (Lipinski definition) is 6. The van der Waals surface area contributed by atoms with E-state index in [9.17, 15) is 14.9 Å². The molecule has 1 fully saturated rings. The van der Waals surface area contributed by atoms with Gasteiger partial charge >= 0.3 is 0 Å². The summed E-state index contributed by atoms with van der Waals surface area (Å²) in [7, 11) is 0. The summed E-state index contributed by atoms with van der Waals surface area (Å²) < 4.78 is 5.81. The van der Waals surface area contributed by atoms with E-state index in [0.29, 0.717) is 28.4 Å². The highest BCUT2D eigenvalue weighted by molar-refractivity contribution is 6.05. The van der Waals surface area contributed by atoms with E-state index in [0.717, 1.165) is 31.5 Å². The van der Waals surface area contributed by atoms with Gasteiger partial charge in [-0.1, -0.05) is 0 Å². The zero-order chi connectivity index (χ0) is 23.4. The lowest BCUT2D eigenvalue weighted by atomic mass is 10.1. The van der Waals surface area contributed by atoms with Gasteiger partial charge < -0.3 is 15.0 Å². The van der Waals surface area contributed by atoms with Gasteiger partial charge in [0.1, 0.15) is 17.2 Å². The molecule has 0 aliphatic carbocycles. The van der Waals surface area contributed by atoms with E-state index in [1.165, 1.54) is 6.07 Å². The third-order valence-corrected chi connectivity index (χ3v) is 5.55. The molecule has 0 bridgehead atoms. The standard InChI is InChI=1S/C25H22N4O4/c1-17-14-21(33-20-7-4-18(16-26)5-8-20)9-10-22(17)27-25(30)19-6-11-23(24(15-19)29(31)32)28-12-2-3-13-28/h4-11,14-15H,2-3,12-13H2,1H3,(H,27,30). The summed E-state index contributed by atoms with van der Waals surface area (Å²) >= 11 is 0. The largest absolute Gasteiger partial charge is 0.457 e. The molecule has 1 aliphatic rings. The Bertz CT molecular complexity index is 1240. The van der Waals surface area contributed by atoms with Crippen LogP contribution in [0, 0.1) is 28.4 Å². The topological polar surface area (TPSA) is 108 Å². The Morgan fingerprint density at radius 2 is 1.76 bits per heavy atom. The predicted molar refractivity (Wildman–Crippen MR) is 125 cm³/mol. The monoisotopic (exact) mass is 442 g/mol. The van der Waals surface area contributed by atoms with Crippen LogP contribution in [-0.4, -0.2) is 23.9 Å². The van der Waals surface area contributed by atoms with Crippen molar-refractivity contribution >= 4 is 23.0 Å². The molecule has 1 N–H and O–H groups in total. The second kappa shape index (κ2) is 9.40. The Labute approximate surface area is 191 Å². The molecule has 8 heteroatoms. The summed E-state index contributed by atoms with van der Waals surface area (Å²) in [6.45, 7) is 3.39. The van der Waals surface area contributed by atoms with Crippen LogP contribution in [0.3, 0.4) is 0 Å². The minimum absolute atomic E-state index is 0.0626. The van der Waals surface area contributed by atoms with Gasteiger partial charge in [0.25, 0.3) is 11.6 Å². The predicted octanol–water partition coefficient (Wildman–Crippen LogP) is 5.42. The Morgan fingerprint density at radius 3 is 2.39 bits per heavy atom. The summed E-state index contributed by atoms with van der Waals surface area (Å²) in [6, 6.07) is 18.7. The number of amides is 1. The smallest absolute Gasteiger partial charge is 0.293 e. The van der Waals surface area contributed by atoms with Gasteiger partial charge in [-0.05, 0) is 79.9 Å². The van der Waals surface area contributed by atoms with Crippen molar-refractivity contribution in [1.29, 1.82) is 5.26 Å². The van der Waals surface area contributed by atoms with Gasteiger partial charge in [-0.25, -0.2) is 0 Å². The van der Waals surface area contributed by atoms with Crippen molar-refractivity contribution in [2.75, 3.05) is 23.3 Å². The van der Waals surface area contributed by atoms with Gasteiger partial charge in [-0.15, -0.1) is 0 Å². The van der Waals surface area contributed by atoms with Gasteiger partial charge in [0, 0.05) is 30.4 Å². The number of nitrogens with zero attached hydrogens (tertiary/aromatic N) is 3. The van der Waals surface area contributed by atoms with Crippen LogP contribution in [0.4, 0.5) is 17.1 Å². The third-order valence-electron chi connectivity index (χ3n) is 5.55. The summed E-state index contributed by atoms with van der Waals surface area (Å²) in [6.07, 6.45) is 2.01. The van der Waals surface area contributed by atoms with Crippen molar-refractivity contribution in [3.8, 4) is 17.6 Å². The highest BCUT2D eigenvalue weighted by Crippen LogP contribution is 2.32. The average molecular weight is 442 g/mol. The maximum atomic E-state index is 12.8. The fraction of sp³-hybridized carbons (Fsp3) is 0.200. The molecule has 0 unspecified atom stereocenters. The molecule has 0 aromatic heterocycles. The van der Waals surface area contributed by atoms with Crippen LogP contribution in [0.25, 0.3) is 0 Å². The second-order valence-corrected chi connectivity index (χ2v) is 7.82. The molecule has 33 heavy (non-hydrogen) atoms. The van der Waals surface area contributed by atoms with E-state index < -0.39 is 10.8 Å². The molecular formula is C25H22N4O4. The van der Waals surface area contributed by atoms with Crippen molar-refractivity contribution in [2.24, 2.45) is 0 Å². The van der Waals surface area contributed by atoms with E-state index >= 15 is 0 Å². The lowest BCUT2D eigenvalue weighted by Crippen LogP contribution is -2.20. The molecule has 1 saturated heterocycles. The molecular weight excluding hydrogens is 420 g/mol. The highest BCUT2D eigenvalue weighted by atomic mass is 16.6. The normalized spacial score (nSPS) is 12.8. The number of carbonyl (C=O) groups is 1.